The zero-order valence-corrected chi connectivity index (χ0v) is 9.75. The summed E-state index contributed by atoms with van der Waals surface area (Å²) in [7, 11) is 0. The summed E-state index contributed by atoms with van der Waals surface area (Å²) in [5, 5.41) is 12.2. The van der Waals surface area contributed by atoms with E-state index in [1.54, 1.807) is 0 Å². The molecule has 1 atom stereocenters. The molecule has 0 bridgehead atoms. The summed E-state index contributed by atoms with van der Waals surface area (Å²) in [6.07, 6.45) is -4.32. The number of aliphatic hydroxyl groups excluding tert-OH is 1. The predicted octanol–water partition coefficient (Wildman–Crippen LogP) is 2.74. The van der Waals surface area contributed by atoms with Gasteiger partial charge in [0.1, 0.15) is 0 Å². The molecule has 0 amide bonds. The van der Waals surface area contributed by atoms with E-state index in [1.165, 1.54) is 12.1 Å². The maximum absolute atomic E-state index is 12.3. The fourth-order valence-electron chi connectivity index (χ4n) is 1.56. The molecule has 0 radical (unpaired) electrons. The SMILES string of the molecule is CC(C)NC(CO)c1ccc(C(F)(F)F)cc1. The number of rotatable bonds is 4. The van der Waals surface area contributed by atoms with Crippen molar-refractivity contribution in [1.82, 2.24) is 5.32 Å². The molecular weight excluding hydrogens is 231 g/mol. The molecule has 0 aliphatic carbocycles. The molecule has 2 N–H and O–H groups in total. The second kappa shape index (κ2) is 5.51. The molecule has 0 heterocycles. The third kappa shape index (κ3) is 4.02. The summed E-state index contributed by atoms with van der Waals surface area (Å²) in [4.78, 5) is 0. The van der Waals surface area contributed by atoms with Crippen LogP contribution in [0.4, 0.5) is 13.2 Å². The van der Waals surface area contributed by atoms with Crippen molar-refractivity contribution < 1.29 is 18.3 Å². The Morgan fingerprint density at radius 2 is 1.71 bits per heavy atom. The lowest BCUT2D eigenvalue weighted by molar-refractivity contribution is -0.137. The number of alkyl halides is 3. The Hall–Kier alpha value is -1.07. The van der Waals surface area contributed by atoms with E-state index in [9.17, 15) is 18.3 Å². The largest absolute Gasteiger partial charge is 0.416 e. The molecule has 0 aliphatic heterocycles. The maximum atomic E-state index is 12.3. The average molecular weight is 247 g/mol. The van der Waals surface area contributed by atoms with Gasteiger partial charge in [0.2, 0.25) is 0 Å². The zero-order valence-electron chi connectivity index (χ0n) is 9.75. The van der Waals surface area contributed by atoms with Crippen molar-refractivity contribution in [1.29, 1.82) is 0 Å². The first kappa shape index (κ1) is 14.0. The lowest BCUT2D eigenvalue weighted by Crippen LogP contribution is -2.30. The van der Waals surface area contributed by atoms with Gasteiger partial charge in [0.25, 0.3) is 0 Å². The number of nitrogens with one attached hydrogen (secondary N) is 1. The molecule has 1 rings (SSSR count). The van der Waals surface area contributed by atoms with E-state index in [-0.39, 0.29) is 18.7 Å². The van der Waals surface area contributed by atoms with Crippen LogP contribution in [-0.4, -0.2) is 17.8 Å². The van der Waals surface area contributed by atoms with Crippen molar-refractivity contribution in [3.63, 3.8) is 0 Å². The summed E-state index contributed by atoms with van der Waals surface area (Å²) < 4.78 is 37.0. The van der Waals surface area contributed by atoms with Crippen LogP contribution in [0.2, 0.25) is 0 Å². The number of hydrogen-bond acceptors (Lipinski definition) is 2. The molecular formula is C12H16F3NO. The fraction of sp³-hybridized carbons (Fsp3) is 0.500. The highest BCUT2D eigenvalue weighted by Crippen LogP contribution is 2.29. The number of aliphatic hydroxyl groups is 1. The monoisotopic (exact) mass is 247 g/mol. The van der Waals surface area contributed by atoms with Crippen molar-refractivity contribution >= 4 is 0 Å². The van der Waals surface area contributed by atoms with E-state index in [0.29, 0.717) is 5.56 Å². The van der Waals surface area contributed by atoms with Crippen LogP contribution in [0.25, 0.3) is 0 Å². The van der Waals surface area contributed by atoms with Gasteiger partial charge in [0, 0.05) is 6.04 Å². The average Bonchev–Trinajstić information content (AvgIpc) is 2.24. The van der Waals surface area contributed by atoms with Crippen molar-refractivity contribution in [2.45, 2.75) is 32.1 Å². The van der Waals surface area contributed by atoms with Gasteiger partial charge in [0.15, 0.2) is 0 Å². The Bertz CT molecular complexity index is 346. The van der Waals surface area contributed by atoms with Crippen molar-refractivity contribution in [2.24, 2.45) is 0 Å². The molecule has 1 unspecified atom stereocenters. The summed E-state index contributed by atoms with van der Waals surface area (Å²) in [6, 6.07) is 4.64. The van der Waals surface area contributed by atoms with Crippen LogP contribution in [0.15, 0.2) is 24.3 Å². The van der Waals surface area contributed by atoms with Gasteiger partial charge in [-0.25, -0.2) is 0 Å². The number of hydrogen-bond donors (Lipinski definition) is 2. The topological polar surface area (TPSA) is 32.3 Å². The normalized spacial score (nSPS) is 14.1. The lowest BCUT2D eigenvalue weighted by atomic mass is 10.0. The van der Waals surface area contributed by atoms with E-state index in [2.05, 4.69) is 5.32 Å². The highest BCUT2D eigenvalue weighted by atomic mass is 19.4. The van der Waals surface area contributed by atoms with Gasteiger partial charge in [-0.2, -0.15) is 13.2 Å². The van der Waals surface area contributed by atoms with Gasteiger partial charge in [-0.05, 0) is 17.7 Å². The van der Waals surface area contributed by atoms with Crippen LogP contribution in [0, 0.1) is 0 Å². The van der Waals surface area contributed by atoms with Crippen molar-refractivity contribution in [2.75, 3.05) is 6.61 Å². The third-order valence-corrected chi connectivity index (χ3v) is 2.36. The quantitative estimate of drug-likeness (QED) is 0.857. The smallest absolute Gasteiger partial charge is 0.394 e. The van der Waals surface area contributed by atoms with Gasteiger partial charge < -0.3 is 10.4 Å². The molecule has 5 heteroatoms. The molecule has 1 aromatic carbocycles. The highest BCUT2D eigenvalue weighted by Gasteiger charge is 2.30. The van der Waals surface area contributed by atoms with E-state index in [0.717, 1.165) is 12.1 Å². The highest BCUT2D eigenvalue weighted by molar-refractivity contribution is 5.26. The molecule has 1 aromatic rings. The van der Waals surface area contributed by atoms with E-state index in [1.807, 2.05) is 13.8 Å². The predicted molar refractivity (Wildman–Crippen MR) is 59.5 cm³/mol. The Labute approximate surface area is 98.5 Å². The Morgan fingerprint density at radius 3 is 2.06 bits per heavy atom. The number of benzene rings is 1. The van der Waals surface area contributed by atoms with Crippen molar-refractivity contribution in [3.05, 3.63) is 35.4 Å². The fourth-order valence-corrected chi connectivity index (χ4v) is 1.56. The summed E-state index contributed by atoms with van der Waals surface area (Å²) in [6.45, 7) is 3.67. The van der Waals surface area contributed by atoms with Crippen LogP contribution in [0.3, 0.4) is 0 Å². The van der Waals surface area contributed by atoms with Crippen molar-refractivity contribution in [3.8, 4) is 0 Å². The molecule has 17 heavy (non-hydrogen) atoms. The Kier molecular flexibility index (Phi) is 4.54. The molecule has 0 saturated carbocycles. The second-order valence-electron chi connectivity index (χ2n) is 4.18. The van der Waals surface area contributed by atoms with Gasteiger partial charge in [-0.15, -0.1) is 0 Å². The van der Waals surface area contributed by atoms with Crippen LogP contribution in [0.1, 0.15) is 31.0 Å². The minimum atomic E-state index is -4.32. The minimum absolute atomic E-state index is 0.148. The van der Waals surface area contributed by atoms with E-state index in [4.69, 9.17) is 0 Å². The van der Waals surface area contributed by atoms with Gasteiger partial charge in [0.05, 0.1) is 18.2 Å². The molecule has 96 valence electrons. The number of halogens is 3. The maximum Gasteiger partial charge on any atom is 0.416 e. The van der Waals surface area contributed by atoms with E-state index < -0.39 is 11.7 Å². The molecule has 0 aliphatic rings. The van der Waals surface area contributed by atoms with Crippen LogP contribution < -0.4 is 5.32 Å². The van der Waals surface area contributed by atoms with Gasteiger partial charge in [-0.3, -0.25) is 0 Å². The third-order valence-electron chi connectivity index (χ3n) is 2.36. The first-order chi connectivity index (χ1) is 7.84. The van der Waals surface area contributed by atoms with E-state index >= 15 is 0 Å². The first-order valence-corrected chi connectivity index (χ1v) is 5.38. The minimum Gasteiger partial charge on any atom is -0.394 e. The zero-order chi connectivity index (χ0) is 13.1. The van der Waals surface area contributed by atoms with Gasteiger partial charge >= 0.3 is 6.18 Å². The summed E-state index contributed by atoms with van der Waals surface area (Å²) in [5.74, 6) is 0. The second-order valence-corrected chi connectivity index (χ2v) is 4.18. The summed E-state index contributed by atoms with van der Waals surface area (Å²) in [5.41, 5.74) is -0.0308. The Morgan fingerprint density at radius 1 is 1.18 bits per heavy atom. The summed E-state index contributed by atoms with van der Waals surface area (Å²) >= 11 is 0. The molecule has 2 nitrogen and oxygen atoms in total. The standard InChI is InChI=1S/C12H16F3NO/c1-8(2)16-11(7-17)9-3-5-10(6-4-9)12(13,14)15/h3-6,8,11,16-17H,7H2,1-2H3. The molecule has 0 spiro atoms. The lowest BCUT2D eigenvalue weighted by Gasteiger charge is -2.20. The molecule has 0 aromatic heterocycles. The molecule has 0 saturated heterocycles. The van der Waals surface area contributed by atoms with Crippen LogP contribution >= 0.6 is 0 Å². The molecule has 0 fully saturated rings. The Balaban J connectivity index is 2.85. The van der Waals surface area contributed by atoms with Gasteiger partial charge in [-0.1, -0.05) is 26.0 Å². The van der Waals surface area contributed by atoms with Crippen LogP contribution in [0.5, 0.6) is 0 Å². The van der Waals surface area contributed by atoms with Crippen LogP contribution in [-0.2, 0) is 6.18 Å². The first-order valence-electron chi connectivity index (χ1n) is 5.38.